The maximum atomic E-state index is 11.8. The van der Waals surface area contributed by atoms with Crippen LogP contribution in [0.4, 0.5) is 0 Å². The van der Waals surface area contributed by atoms with E-state index in [0.717, 1.165) is 25.0 Å². The summed E-state index contributed by atoms with van der Waals surface area (Å²) in [4.78, 5) is 0. The second kappa shape index (κ2) is 4.34. The Kier molecular flexibility index (Phi) is 3.07. The zero-order valence-electron chi connectivity index (χ0n) is 12.5. The van der Waals surface area contributed by atoms with Gasteiger partial charge >= 0.3 is 0 Å². The van der Waals surface area contributed by atoms with Gasteiger partial charge in [0.25, 0.3) is 0 Å². The molecule has 1 aromatic rings. The van der Waals surface area contributed by atoms with Crippen molar-refractivity contribution >= 4 is 9.84 Å². The minimum atomic E-state index is -2.86. The molecule has 2 N–H and O–H groups in total. The van der Waals surface area contributed by atoms with E-state index in [1.807, 2.05) is 0 Å². The zero-order chi connectivity index (χ0) is 14.7. The van der Waals surface area contributed by atoms with E-state index < -0.39 is 9.84 Å². The van der Waals surface area contributed by atoms with Gasteiger partial charge in [-0.05, 0) is 43.2 Å². The maximum absolute atomic E-state index is 11.8. The highest BCUT2D eigenvalue weighted by atomic mass is 32.2. The fourth-order valence-corrected chi connectivity index (χ4v) is 5.66. The second-order valence-electron chi connectivity index (χ2n) is 7.27. The van der Waals surface area contributed by atoms with E-state index in [1.165, 1.54) is 11.3 Å². The van der Waals surface area contributed by atoms with E-state index in [2.05, 4.69) is 31.4 Å². The third-order valence-electron chi connectivity index (χ3n) is 4.76. The van der Waals surface area contributed by atoms with Crippen LogP contribution in [0.1, 0.15) is 55.7 Å². The Morgan fingerprint density at radius 2 is 2.10 bits per heavy atom. The number of fused-ring (bicyclic) bond motifs is 1. The first-order valence-electron chi connectivity index (χ1n) is 7.35. The lowest BCUT2D eigenvalue weighted by Gasteiger charge is -2.35. The summed E-state index contributed by atoms with van der Waals surface area (Å²) in [5.41, 5.74) is 10.2. The number of nitrogens with zero attached hydrogens (tertiary/aromatic N) is 1. The molecule has 20 heavy (non-hydrogen) atoms. The number of hydrogen-bond donors (Lipinski definition) is 1. The number of hydrogen-bond acceptors (Lipinski definition) is 3. The molecule has 112 valence electrons. The first kappa shape index (κ1) is 14.1. The number of sulfone groups is 1. The molecule has 2 heterocycles. The Labute approximate surface area is 121 Å². The standard InChI is InChI=1S/C15H24N2O2S/c1-10-6-12-13(16)7-15(2,3)8-14(12)17(10)11-4-5-20(18,19)9-11/h6,11,13H,4-5,7-9,16H2,1-3H3. The van der Waals surface area contributed by atoms with E-state index in [1.54, 1.807) is 0 Å². The van der Waals surface area contributed by atoms with Crippen molar-refractivity contribution in [3.8, 4) is 0 Å². The van der Waals surface area contributed by atoms with Gasteiger partial charge in [-0.25, -0.2) is 8.42 Å². The van der Waals surface area contributed by atoms with Gasteiger partial charge in [0, 0.05) is 23.5 Å². The largest absolute Gasteiger partial charge is 0.344 e. The molecule has 1 fully saturated rings. The third-order valence-corrected chi connectivity index (χ3v) is 6.51. The summed E-state index contributed by atoms with van der Waals surface area (Å²) >= 11 is 0. The molecule has 1 aliphatic carbocycles. The Bertz CT molecular complexity index is 643. The topological polar surface area (TPSA) is 65.1 Å². The van der Waals surface area contributed by atoms with Gasteiger partial charge in [0.05, 0.1) is 11.5 Å². The monoisotopic (exact) mass is 296 g/mol. The molecule has 2 aliphatic rings. The molecule has 0 saturated carbocycles. The van der Waals surface area contributed by atoms with Crippen molar-refractivity contribution in [2.24, 2.45) is 11.1 Å². The lowest BCUT2D eigenvalue weighted by Crippen LogP contribution is -2.31. The average Bonchev–Trinajstić information content (AvgIpc) is 2.77. The van der Waals surface area contributed by atoms with Crippen LogP contribution in [-0.4, -0.2) is 24.5 Å². The Balaban J connectivity index is 2.05. The van der Waals surface area contributed by atoms with Crippen molar-refractivity contribution in [2.75, 3.05) is 11.5 Å². The van der Waals surface area contributed by atoms with Crippen LogP contribution in [-0.2, 0) is 16.3 Å². The van der Waals surface area contributed by atoms with Crippen LogP contribution in [0.5, 0.6) is 0 Å². The van der Waals surface area contributed by atoms with Crippen molar-refractivity contribution in [3.05, 3.63) is 23.0 Å². The van der Waals surface area contributed by atoms with Gasteiger partial charge in [0.15, 0.2) is 9.84 Å². The molecule has 1 saturated heterocycles. The lowest BCUT2D eigenvalue weighted by molar-refractivity contribution is 0.272. The second-order valence-corrected chi connectivity index (χ2v) is 9.49. The first-order valence-corrected chi connectivity index (χ1v) is 9.17. The third kappa shape index (κ3) is 2.31. The molecule has 0 aromatic carbocycles. The molecule has 2 atom stereocenters. The summed E-state index contributed by atoms with van der Waals surface area (Å²) in [6, 6.07) is 2.34. The van der Waals surface area contributed by atoms with Gasteiger partial charge in [-0.1, -0.05) is 13.8 Å². The zero-order valence-corrected chi connectivity index (χ0v) is 13.3. The highest BCUT2D eigenvalue weighted by Gasteiger charge is 2.37. The average molecular weight is 296 g/mol. The van der Waals surface area contributed by atoms with Crippen LogP contribution in [0.2, 0.25) is 0 Å². The first-order chi connectivity index (χ1) is 9.19. The van der Waals surface area contributed by atoms with E-state index >= 15 is 0 Å². The molecule has 1 aliphatic heterocycles. The molecule has 5 heteroatoms. The summed E-state index contributed by atoms with van der Waals surface area (Å²) in [7, 11) is -2.86. The smallest absolute Gasteiger partial charge is 0.152 e. The molecule has 0 amide bonds. The normalized spacial score (nSPS) is 31.2. The Morgan fingerprint density at radius 1 is 1.40 bits per heavy atom. The molecule has 3 rings (SSSR count). The molecule has 0 radical (unpaired) electrons. The van der Waals surface area contributed by atoms with Crippen LogP contribution in [0.3, 0.4) is 0 Å². The number of nitrogens with two attached hydrogens (primary N) is 1. The minimum absolute atomic E-state index is 0.0757. The fourth-order valence-electron chi connectivity index (χ4n) is 3.96. The minimum Gasteiger partial charge on any atom is -0.344 e. The number of rotatable bonds is 1. The van der Waals surface area contributed by atoms with Crippen molar-refractivity contribution in [2.45, 2.75) is 52.1 Å². The fraction of sp³-hybridized carbons (Fsp3) is 0.733. The summed E-state index contributed by atoms with van der Waals surface area (Å²) in [5, 5.41) is 0. The van der Waals surface area contributed by atoms with Crippen molar-refractivity contribution < 1.29 is 8.42 Å². The van der Waals surface area contributed by atoms with Crippen LogP contribution in [0, 0.1) is 12.3 Å². The van der Waals surface area contributed by atoms with Crippen molar-refractivity contribution in [1.82, 2.24) is 4.57 Å². The Morgan fingerprint density at radius 3 is 2.70 bits per heavy atom. The van der Waals surface area contributed by atoms with Crippen LogP contribution in [0.25, 0.3) is 0 Å². The summed E-state index contributed by atoms with van der Waals surface area (Å²) in [5.74, 6) is 0.601. The summed E-state index contributed by atoms with van der Waals surface area (Å²) < 4.78 is 25.8. The van der Waals surface area contributed by atoms with Crippen molar-refractivity contribution in [1.29, 1.82) is 0 Å². The van der Waals surface area contributed by atoms with Gasteiger partial charge in [0.2, 0.25) is 0 Å². The molecule has 0 spiro atoms. The van der Waals surface area contributed by atoms with Crippen LogP contribution in [0.15, 0.2) is 6.07 Å². The van der Waals surface area contributed by atoms with E-state index in [9.17, 15) is 8.42 Å². The highest BCUT2D eigenvalue weighted by molar-refractivity contribution is 7.91. The van der Waals surface area contributed by atoms with Gasteiger partial charge in [-0.2, -0.15) is 0 Å². The molecule has 0 bridgehead atoms. The van der Waals surface area contributed by atoms with Crippen molar-refractivity contribution in [3.63, 3.8) is 0 Å². The van der Waals surface area contributed by atoms with Gasteiger partial charge < -0.3 is 10.3 Å². The highest BCUT2D eigenvalue weighted by Crippen LogP contribution is 2.42. The number of aryl methyl sites for hydroxylation is 1. The molecule has 1 aromatic heterocycles. The van der Waals surface area contributed by atoms with E-state index in [-0.39, 0.29) is 23.3 Å². The van der Waals surface area contributed by atoms with Crippen LogP contribution < -0.4 is 5.73 Å². The quantitative estimate of drug-likeness (QED) is 0.863. The Hall–Kier alpha value is -0.810. The summed E-state index contributed by atoms with van der Waals surface area (Å²) in [6.45, 7) is 6.56. The SMILES string of the molecule is Cc1cc2c(n1C1CCS(=O)(=O)C1)CC(C)(C)CC2N. The van der Waals surface area contributed by atoms with Gasteiger partial charge in [-0.15, -0.1) is 0 Å². The molecule has 2 unspecified atom stereocenters. The maximum Gasteiger partial charge on any atom is 0.152 e. The van der Waals surface area contributed by atoms with Gasteiger partial charge in [-0.3, -0.25) is 0 Å². The molecular weight excluding hydrogens is 272 g/mol. The van der Waals surface area contributed by atoms with E-state index in [0.29, 0.717) is 5.75 Å². The van der Waals surface area contributed by atoms with Gasteiger partial charge in [0.1, 0.15) is 0 Å². The predicted molar refractivity (Wildman–Crippen MR) is 80.5 cm³/mol. The van der Waals surface area contributed by atoms with E-state index in [4.69, 9.17) is 5.73 Å². The predicted octanol–water partition coefficient (Wildman–Crippen LogP) is 2.13. The molecule has 4 nitrogen and oxygen atoms in total. The molecular formula is C15H24N2O2S. The number of aromatic nitrogens is 1. The summed E-state index contributed by atoms with van der Waals surface area (Å²) in [6.07, 6.45) is 2.72. The lowest BCUT2D eigenvalue weighted by atomic mass is 9.74. The van der Waals surface area contributed by atoms with Crippen LogP contribution >= 0.6 is 0 Å².